The van der Waals surface area contributed by atoms with Gasteiger partial charge in [0.2, 0.25) is 9.04 Å². The molecule has 3 aliphatic carbocycles. The van der Waals surface area contributed by atoms with Gasteiger partial charge in [0.15, 0.2) is 0 Å². The second-order valence-electron chi connectivity index (χ2n) is 7.80. The lowest BCUT2D eigenvalue weighted by molar-refractivity contribution is 0.246. The second-order valence-corrected chi connectivity index (χ2v) is 10.1. The van der Waals surface area contributed by atoms with E-state index in [0.29, 0.717) is 11.1 Å². The van der Waals surface area contributed by atoms with Crippen LogP contribution in [-0.4, -0.2) is 15.6 Å². The van der Waals surface area contributed by atoms with Crippen molar-refractivity contribution in [1.82, 2.24) is 0 Å². The zero-order chi connectivity index (χ0) is 17.3. The van der Waals surface area contributed by atoms with Crippen molar-refractivity contribution in [3.8, 4) is 0 Å². The Kier molecular flexibility index (Phi) is 4.39. The molecule has 1 saturated carbocycles. The topological polar surface area (TPSA) is 9.23 Å². The van der Waals surface area contributed by atoms with Crippen molar-refractivity contribution in [2.45, 2.75) is 36.8 Å². The molecule has 0 saturated heterocycles. The molecule has 0 aliphatic heterocycles. The highest BCUT2D eigenvalue weighted by molar-refractivity contribution is 6.57. The first-order chi connectivity index (χ1) is 12.9. The molecule has 2 atom stereocenters. The Morgan fingerprint density at radius 3 is 1.88 bits per heavy atom. The average Bonchev–Trinajstić information content (AvgIpc) is 3.43. The molecule has 2 aromatic rings. The summed E-state index contributed by atoms with van der Waals surface area (Å²) in [6, 6.07) is 17.7. The zero-order valence-corrected chi connectivity index (χ0v) is 16.1. The lowest BCUT2D eigenvalue weighted by atomic mass is 10.1. The summed E-state index contributed by atoms with van der Waals surface area (Å²) in [6.07, 6.45) is 14.9. The van der Waals surface area contributed by atoms with Crippen LogP contribution in [0.3, 0.4) is 0 Å². The van der Waals surface area contributed by atoms with E-state index in [1.54, 1.807) is 0 Å². The Labute approximate surface area is 158 Å². The van der Waals surface area contributed by atoms with Crippen LogP contribution < -0.4 is 0 Å². The van der Waals surface area contributed by atoms with Crippen molar-refractivity contribution in [1.29, 1.82) is 0 Å². The van der Waals surface area contributed by atoms with Gasteiger partial charge in [-0.3, -0.25) is 0 Å². The minimum Gasteiger partial charge on any atom is -0.414 e. The third-order valence-corrected chi connectivity index (χ3v) is 8.91. The van der Waals surface area contributed by atoms with Gasteiger partial charge in [0.25, 0.3) is 0 Å². The number of hydrogen-bond donors (Lipinski definition) is 0. The molecule has 0 aromatic heterocycles. The quantitative estimate of drug-likeness (QED) is 0.607. The summed E-state index contributed by atoms with van der Waals surface area (Å²) < 4.78 is 6.81. The highest BCUT2D eigenvalue weighted by atomic mass is 28.3. The molecule has 26 heavy (non-hydrogen) atoms. The summed E-state index contributed by atoms with van der Waals surface area (Å²) in [5, 5.41) is 0. The van der Waals surface area contributed by atoms with Crippen molar-refractivity contribution in [3.63, 3.8) is 0 Å². The zero-order valence-electron chi connectivity index (χ0n) is 15.1. The van der Waals surface area contributed by atoms with Crippen molar-refractivity contribution < 1.29 is 4.43 Å². The van der Waals surface area contributed by atoms with Gasteiger partial charge in [0, 0.05) is 17.7 Å². The van der Waals surface area contributed by atoms with E-state index in [0.717, 1.165) is 12.5 Å². The predicted octanol–water partition coefficient (Wildman–Crippen LogP) is 5.88. The minimum absolute atomic E-state index is 0.443. The van der Waals surface area contributed by atoms with Crippen LogP contribution in [0.25, 0.3) is 12.2 Å². The van der Waals surface area contributed by atoms with Gasteiger partial charge in [-0.2, -0.15) is 0 Å². The predicted molar refractivity (Wildman–Crippen MR) is 110 cm³/mol. The summed E-state index contributed by atoms with van der Waals surface area (Å²) in [6.45, 7) is 0.952. The van der Waals surface area contributed by atoms with Gasteiger partial charge in [-0.25, -0.2) is 0 Å². The van der Waals surface area contributed by atoms with Gasteiger partial charge >= 0.3 is 0 Å². The van der Waals surface area contributed by atoms with Gasteiger partial charge in [0.1, 0.15) is 0 Å². The summed E-state index contributed by atoms with van der Waals surface area (Å²) in [5.74, 6) is 0.774. The molecule has 0 amide bonds. The monoisotopic (exact) mass is 357 g/mol. The second kappa shape index (κ2) is 7.01. The maximum Gasteiger partial charge on any atom is 0.234 e. The number of rotatable bonds is 5. The fourth-order valence-electron chi connectivity index (χ4n) is 4.76. The van der Waals surface area contributed by atoms with Crippen LogP contribution in [0.1, 0.15) is 59.0 Å². The maximum atomic E-state index is 6.81. The Morgan fingerprint density at radius 2 is 1.31 bits per heavy atom. The first-order valence-electron chi connectivity index (χ1n) is 9.94. The minimum atomic E-state index is -1.08. The molecule has 0 spiro atoms. The Morgan fingerprint density at radius 1 is 0.769 bits per heavy atom. The van der Waals surface area contributed by atoms with Crippen molar-refractivity contribution in [2.75, 3.05) is 6.61 Å². The third-order valence-electron chi connectivity index (χ3n) is 6.17. The molecule has 131 valence electrons. The fraction of sp³-hybridized carbons (Fsp3) is 0.333. The normalized spacial score (nSPS) is 23.7. The fourth-order valence-corrected chi connectivity index (χ4v) is 7.64. The number of allylic oxidation sites excluding steroid dienone is 2. The van der Waals surface area contributed by atoms with Crippen LogP contribution >= 0.6 is 0 Å². The average molecular weight is 358 g/mol. The summed E-state index contributed by atoms with van der Waals surface area (Å²) in [4.78, 5) is 0. The largest absolute Gasteiger partial charge is 0.414 e. The molecule has 0 bridgehead atoms. The first kappa shape index (κ1) is 16.3. The third kappa shape index (κ3) is 2.91. The molecule has 2 unspecified atom stereocenters. The molecule has 0 N–H and O–H groups in total. The molecule has 2 heteroatoms. The first-order valence-corrected chi connectivity index (χ1v) is 11.5. The van der Waals surface area contributed by atoms with Crippen LogP contribution in [0.2, 0.25) is 0 Å². The van der Waals surface area contributed by atoms with Crippen molar-refractivity contribution in [3.05, 3.63) is 82.9 Å². The van der Waals surface area contributed by atoms with Crippen molar-refractivity contribution in [2.24, 2.45) is 5.92 Å². The lowest BCUT2D eigenvalue weighted by Gasteiger charge is -2.28. The maximum absolute atomic E-state index is 6.81. The number of fused-ring (bicyclic) bond motifs is 2. The number of hydrogen-bond acceptors (Lipinski definition) is 1. The molecular formula is C24H25OSi. The Hall–Kier alpha value is -1.90. The van der Waals surface area contributed by atoms with Crippen LogP contribution in [-0.2, 0) is 4.43 Å². The van der Waals surface area contributed by atoms with Gasteiger partial charge < -0.3 is 4.43 Å². The summed E-state index contributed by atoms with van der Waals surface area (Å²) in [5.41, 5.74) is 6.56. The highest BCUT2D eigenvalue weighted by Gasteiger charge is 2.38. The van der Waals surface area contributed by atoms with E-state index >= 15 is 0 Å². The molecule has 0 heterocycles. The smallest absolute Gasteiger partial charge is 0.234 e. The van der Waals surface area contributed by atoms with E-state index < -0.39 is 9.04 Å². The Balaban J connectivity index is 1.46. The lowest BCUT2D eigenvalue weighted by Crippen LogP contribution is -2.34. The van der Waals surface area contributed by atoms with E-state index in [9.17, 15) is 0 Å². The molecule has 1 fully saturated rings. The van der Waals surface area contributed by atoms with Crippen molar-refractivity contribution >= 4 is 21.2 Å². The SMILES string of the molecule is C1=CC([Si](OCC2CCCC2)C2C=Cc3ccccc32)c2ccccc21. The molecule has 5 rings (SSSR count). The van der Waals surface area contributed by atoms with E-state index in [1.165, 1.54) is 47.9 Å². The Bertz CT molecular complexity index is 785. The summed E-state index contributed by atoms with van der Waals surface area (Å²) in [7, 11) is -1.08. The standard InChI is InChI=1S/C24H25OSi/c1-2-8-18(7-1)17-25-26(23-15-13-19-9-3-5-11-21(19)23)24-16-14-20-10-4-6-12-22(20)24/h3-6,9-16,18,23-24H,1-2,7-8,17H2. The van der Waals surface area contributed by atoms with E-state index in [-0.39, 0.29) is 0 Å². The summed E-state index contributed by atoms with van der Waals surface area (Å²) >= 11 is 0. The molecule has 2 aromatic carbocycles. The van der Waals surface area contributed by atoms with E-state index in [2.05, 4.69) is 72.8 Å². The van der Waals surface area contributed by atoms with Gasteiger partial charge in [-0.05, 0) is 41.0 Å². The number of benzene rings is 2. The molecular weight excluding hydrogens is 332 g/mol. The van der Waals surface area contributed by atoms with E-state index in [1.807, 2.05) is 0 Å². The van der Waals surface area contributed by atoms with Gasteiger partial charge in [0.05, 0.1) is 0 Å². The van der Waals surface area contributed by atoms with Crippen LogP contribution in [0.4, 0.5) is 0 Å². The van der Waals surface area contributed by atoms with Crippen LogP contribution in [0.15, 0.2) is 60.7 Å². The van der Waals surface area contributed by atoms with Crippen LogP contribution in [0.5, 0.6) is 0 Å². The van der Waals surface area contributed by atoms with Gasteiger partial charge in [-0.1, -0.05) is 85.7 Å². The molecule has 3 aliphatic rings. The van der Waals surface area contributed by atoms with E-state index in [4.69, 9.17) is 4.43 Å². The highest BCUT2D eigenvalue weighted by Crippen LogP contribution is 2.41. The van der Waals surface area contributed by atoms with Crippen LogP contribution in [0, 0.1) is 5.92 Å². The van der Waals surface area contributed by atoms with Gasteiger partial charge in [-0.15, -0.1) is 0 Å². The molecule has 1 radical (unpaired) electrons. The molecule has 1 nitrogen and oxygen atoms in total.